The molecule has 6 nitrogen and oxygen atoms in total. The van der Waals surface area contributed by atoms with Crippen molar-refractivity contribution in [2.45, 2.75) is 24.3 Å². The Bertz CT molecular complexity index is 568. The van der Waals surface area contributed by atoms with Gasteiger partial charge in [-0.15, -0.1) is 0 Å². The van der Waals surface area contributed by atoms with E-state index in [0.29, 0.717) is 9.99 Å². The lowest BCUT2D eigenvalue weighted by Gasteiger charge is -2.14. The van der Waals surface area contributed by atoms with Gasteiger partial charge in [0.2, 0.25) is 10.0 Å². The molecule has 1 rings (SSSR count). The molecule has 106 valence electrons. The lowest BCUT2D eigenvalue weighted by Crippen LogP contribution is -2.37. The molecule has 0 saturated carbocycles. The zero-order valence-electron chi connectivity index (χ0n) is 10.1. The van der Waals surface area contributed by atoms with E-state index in [1.54, 1.807) is 6.92 Å². The van der Waals surface area contributed by atoms with E-state index in [1.165, 1.54) is 12.1 Å². The molecule has 0 saturated heterocycles. The van der Waals surface area contributed by atoms with E-state index >= 15 is 0 Å². The van der Waals surface area contributed by atoms with Crippen molar-refractivity contribution >= 4 is 38.6 Å². The van der Waals surface area contributed by atoms with Crippen molar-refractivity contribution in [3.63, 3.8) is 0 Å². The zero-order chi connectivity index (χ0) is 14.6. The highest BCUT2D eigenvalue weighted by Gasteiger charge is 2.21. The predicted octanol–water partition coefficient (Wildman–Crippen LogP) is 1.04. The molecule has 0 aromatic heterocycles. The second-order valence-corrected chi connectivity index (χ2v) is 6.73. The first kappa shape index (κ1) is 16.3. The molecule has 1 aromatic rings. The maximum absolute atomic E-state index is 12.0. The Kier molecular flexibility index (Phi) is 5.71. The normalized spacial score (nSPS) is 13.2. The fourth-order valence-corrected chi connectivity index (χ4v) is 3.28. The highest BCUT2D eigenvalue weighted by molar-refractivity contribution is 14.1. The number of nitrogens with one attached hydrogen (secondary N) is 1. The minimum absolute atomic E-state index is 0.0690. The third kappa shape index (κ3) is 4.13. The maximum Gasteiger partial charge on any atom is 0.336 e. The summed E-state index contributed by atoms with van der Waals surface area (Å²) < 4.78 is 26.8. The van der Waals surface area contributed by atoms with Crippen molar-refractivity contribution in [2.24, 2.45) is 0 Å². The number of sulfonamides is 1. The topological polar surface area (TPSA) is 104 Å². The molecule has 0 aliphatic carbocycles. The fourth-order valence-electron chi connectivity index (χ4n) is 1.37. The number of carboxylic acids is 1. The highest BCUT2D eigenvalue weighted by atomic mass is 127. The molecule has 0 bridgehead atoms. The van der Waals surface area contributed by atoms with Crippen LogP contribution in [-0.4, -0.2) is 37.2 Å². The number of carboxylic acid groups (broad SMARTS) is 1. The van der Waals surface area contributed by atoms with E-state index < -0.39 is 22.0 Å². The first-order valence-electron chi connectivity index (χ1n) is 5.47. The van der Waals surface area contributed by atoms with Gasteiger partial charge in [0, 0.05) is 9.61 Å². The zero-order valence-corrected chi connectivity index (χ0v) is 13.1. The quantitative estimate of drug-likeness (QED) is 0.621. The van der Waals surface area contributed by atoms with E-state index in [1.807, 2.05) is 22.6 Å². The van der Waals surface area contributed by atoms with Gasteiger partial charge >= 0.3 is 5.97 Å². The van der Waals surface area contributed by atoms with Gasteiger partial charge in [0.1, 0.15) is 0 Å². The average molecular weight is 399 g/mol. The molecule has 0 fully saturated rings. The molecule has 3 N–H and O–H groups in total. The predicted molar refractivity (Wildman–Crippen MR) is 77.6 cm³/mol. The smallest absolute Gasteiger partial charge is 0.336 e. The lowest BCUT2D eigenvalue weighted by molar-refractivity contribution is 0.0695. The van der Waals surface area contributed by atoms with Crippen LogP contribution in [0.3, 0.4) is 0 Å². The van der Waals surface area contributed by atoms with Crippen LogP contribution in [-0.2, 0) is 10.0 Å². The van der Waals surface area contributed by atoms with Gasteiger partial charge in [-0.1, -0.05) is 6.92 Å². The van der Waals surface area contributed by atoms with Gasteiger partial charge in [0.15, 0.2) is 0 Å². The average Bonchev–Trinajstić information content (AvgIpc) is 2.35. The number of aliphatic hydroxyl groups excluding tert-OH is 1. The molecule has 0 unspecified atom stereocenters. The first-order valence-corrected chi connectivity index (χ1v) is 8.04. The number of hydrogen-bond acceptors (Lipinski definition) is 4. The maximum atomic E-state index is 12.0. The van der Waals surface area contributed by atoms with E-state index in [4.69, 9.17) is 10.2 Å². The monoisotopic (exact) mass is 399 g/mol. The third-order valence-corrected chi connectivity index (χ3v) is 4.97. The number of carbonyl (C=O) groups is 1. The van der Waals surface area contributed by atoms with Gasteiger partial charge < -0.3 is 10.2 Å². The van der Waals surface area contributed by atoms with Crippen LogP contribution in [0, 0.1) is 3.57 Å². The Labute approximate surface area is 125 Å². The molecule has 0 aliphatic rings. The van der Waals surface area contributed by atoms with Crippen LogP contribution in [0.1, 0.15) is 23.7 Å². The van der Waals surface area contributed by atoms with Crippen LogP contribution in [0.4, 0.5) is 0 Å². The third-order valence-electron chi connectivity index (χ3n) is 2.51. The van der Waals surface area contributed by atoms with Gasteiger partial charge in [-0.2, -0.15) is 0 Å². The SMILES string of the molecule is CC[C@H](CO)NS(=O)(=O)c1ccc(I)c(C(=O)O)c1. The van der Waals surface area contributed by atoms with Crippen LogP contribution >= 0.6 is 22.6 Å². The van der Waals surface area contributed by atoms with Gasteiger partial charge in [0.05, 0.1) is 17.1 Å². The van der Waals surface area contributed by atoms with Crippen molar-refractivity contribution in [3.05, 3.63) is 27.3 Å². The summed E-state index contributed by atoms with van der Waals surface area (Å²) in [5.41, 5.74) is -0.0690. The van der Waals surface area contributed by atoms with Crippen molar-refractivity contribution in [1.29, 1.82) is 0 Å². The molecular weight excluding hydrogens is 385 g/mol. The van der Waals surface area contributed by atoms with E-state index in [0.717, 1.165) is 6.07 Å². The Morgan fingerprint density at radius 3 is 2.58 bits per heavy atom. The number of rotatable bonds is 6. The van der Waals surface area contributed by atoms with Crippen molar-refractivity contribution in [3.8, 4) is 0 Å². The second-order valence-electron chi connectivity index (χ2n) is 3.86. The molecule has 8 heteroatoms. The minimum Gasteiger partial charge on any atom is -0.478 e. The summed E-state index contributed by atoms with van der Waals surface area (Å²) in [4.78, 5) is 10.8. The van der Waals surface area contributed by atoms with Gasteiger partial charge in [-0.3, -0.25) is 0 Å². The van der Waals surface area contributed by atoms with Crippen LogP contribution in [0.25, 0.3) is 0 Å². The number of hydrogen-bond donors (Lipinski definition) is 3. The van der Waals surface area contributed by atoms with E-state index in [9.17, 15) is 13.2 Å². The molecule has 0 spiro atoms. The molecule has 0 radical (unpaired) electrons. The fraction of sp³-hybridized carbons (Fsp3) is 0.364. The van der Waals surface area contributed by atoms with Crippen LogP contribution in [0.2, 0.25) is 0 Å². The number of aliphatic hydroxyl groups is 1. The van der Waals surface area contributed by atoms with Crippen LogP contribution < -0.4 is 4.72 Å². The van der Waals surface area contributed by atoms with Crippen molar-refractivity contribution in [2.75, 3.05) is 6.61 Å². The van der Waals surface area contributed by atoms with Crippen molar-refractivity contribution < 1.29 is 23.4 Å². The van der Waals surface area contributed by atoms with E-state index in [-0.39, 0.29) is 17.1 Å². The van der Waals surface area contributed by atoms with Gasteiger partial charge in [-0.05, 0) is 47.2 Å². The molecule has 0 heterocycles. The Hall–Kier alpha value is -0.710. The molecule has 19 heavy (non-hydrogen) atoms. The molecule has 0 aliphatic heterocycles. The Morgan fingerprint density at radius 2 is 2.11 bits per heavy atom. The molecule has 1 atom stereocenters. The number of halogens is 1. The largest absolute Gasteiger partial charge is 0.478 e. The summed E-state index contributed by atoms with van der Waals surface area (Å²) in [6.45, 7) is 1.42. The summed E-state index contributed by atoms with van der Waals surface area (Å²) in [6, 6.07) is 3.29. The van der Waals surface area contributed by atoms with Crippen LogP contribution in [0.5, 0.6) is 0 Å². The summed E-state index contributed by atoms with van der Waals surface area (Å²) in [5, 5.41) is 18.0. The number of benzene rings is 1. The standard InChI is InChI=1S/C11H14INO5S/c1-2-7(6-14)13-19(17,18)8-3-4-10(12)9(5-8)11(15)16/h3-5,7,13-14H,2,6H2,1H3,(H,15,16)/t7-/m1/s1. The van der Waals surface area contributed by atoms with Gasteiger partial charge in [0.25, 0.3) is 0 Å². The highest BCUT2D eigenvalue weighted by Crippen LogP contribution is 2.18. The lowest BCUT2D eigenvalue weighted by atomic mass is 10.2. The summed E-state index contributed by atoms with van der Waals surface area (Å²) in [6.07, 6.45) is 0.436. The summed E-state index contributed by atoms with van der Waals surface area (Å²) in [7, 11) is -3.83. The molecule has 1 aromatic carbocycles. The number of aromatic carboxylic acids is 1. The molecular formula is C11H14INO5S. The first-order chi connectivity index (χ1) is 8.81. The second kappa shape index (κ2) is 6.64. The molecule has 0 amide bonds. The van der Waals surface area contributed by atoms with Gasteiger partial charge in [-0.25, -0.2) is 17.9 Å². The van der Waals surface area contributed by atoms with Crippen molar-refractivity contribution in [1.82, 2.24) is 4.72 Å². The van der Waals surface area contributed by atoms with E-state index in [2.05, 4.69) is 4.72 Å². The summed E-state index contributed by atoms with van der Waals surface area (Å²) >= 11 is 1.82. The Morgan fingerprint density at radius 1 is 1.47 bits per heavy atom. The summed E-state index contributed by atoms with van der Waals surface area (Å²) in [5.74, 6) is -1.18. The minimum atomic E-state index is -3.83. The van der Waals surface area contributed by atoms with Crippen LogP contribution in [0.15, 0.2) is 23.1 Å². The Balaban J connectivity index is 3.15.